The summed E-state index contributed by atoms with van der Waals surface area (Å²) in [4.78, 5) is 72.8. The molecule has 0 saturated heterocycles. The predicted octanol–water partition coefficient (Wildman–Crippen LogP) is 23.5. The Kier molecular flexibility index (Phi) is 69.3. The van der Waals surface area contributed by atoms with E-state index in [9.17, 15) is 43.2 Å². The molecule has 5 atom stereocenters. The highest BCUT2D eigenvalue weighted by atomic mass is 31.2. The molecule has 0 aliphatic carbocycles. The minimum absolute atomic E-state index is 0.106. The molecule has 0 aliphatic heterocycles. The smallest absolute Gasteiger partial charge is 0.462 e. The second-order valence-electron chi connectivity index (χ2n) is 29.4. The van der Waals surface area contributed by atoms with E-state index in [4.69, 9.17) is 37.0 Å². The minimum atomic E-state index is -4.96. The normalized spacial score (nSPS) is 13.9. The van der Waals surface area contributed by atoms with E-state index in [1.807, 2.05) is 0 Å². The number of ether oxygens (including phenoxy) is 4. The summed E-state index contributed by atoms with van der Waals surface area (Å²) in [6.07, 6.45) is 59.9. The standard InChI is InChI=1S/C79H154O17P2/c1-7-9-11-13-15-17-19-20-21-22-23-24-25-26-27-32-36-40-44-52-58-64-79(84)95-74(67-89-76(81)61-55-49-42-38-35-31-29-28-30-34-37-41-47-53-59-71(3)4)69-93-97(85,86)91-65-73(80)66-92-98(87,88)94-70-75(68-90-77(82)62-56-50-46-45-48-54-60-72(5)6)96-78(83)63-57-51-43-39-33-18-16-14-12-10-8-2/h71-75,80H,7-70H2,1-6H3,(H,85,86)(H,87,88)/t73-,74-,75-/m1/s1. The third-order valence-corrected chi connectivity index (χ3v) is 20.4. The van der Waals surface area contributed by atoms with Crippen LogP contribution in [0.25, 0.3) is 0 Å². The van der Waals surface area contributed by atoms with E-state index in [0.717, 1.165) is 102 Å². The number of carbonyl (C=O) groups is 4. The van der Waals surface area contributed by atoms with Crippen molar-refractivity contribution in [1.29, 1.82) is 0 Å². The van der Waals surface area contributed by atoms with Crippen LogP contribution in [-0.4, -0.2) is 96.7 Å². The lowest BCUT2D eigenvalue weighted by Crippen LogP contribution is -2.30. The first-order valence-electron chi connectivity index (χ1n) is 41.0. The van der Waals surface area contributed by atoms with E-state index < -0.39 is 97.5 Å². The lowest BCUT2D eigenvalue weighted by molar-refractivity contribution is -0.161. The van der Waals surface area contributed by atoms with Crippen LogP contribution in [0.1, 0.15) is 414 Å². The quantitative estimate of drug-likeness (QED) is 0.0222. The zero-order valence-corrected chi connectivity index (χ0v) is 65.9. The van der Waals surface area contributed by atoms with Crippen molar-refractivity contribution in [3.8, 4) is 0 Å². The molecule has 0 radical (unpaired) electrons. The summed E-state index contributed by atoms with van der Waals surface area (Å²) < 4.78 is 68.6. The van der Waals surface area contributed by atoms with Crippen molar-refractivity contribution in [1.82, 2.24) is 0 Å². The van der Waals surface area contributed by atoms with Crippen LogP contribution in [0, 0.1) is 11.8 Å². The second-order valence-corrected chi connectivity index (χ2v) is 32.3. The van der Waals surface area contributed by atoms with Gasteiger partial charge in [0.1, 0.15) is 19.3 Å². The summed E-state index contributed by atoms with van der Waals surface area (Å²) in [5.74, 6) is -0.635. The average molecular weight is 1440 g/mol. The number of rotatable bonds is 78. The Morgan fingerprint density at radius 3 is 0.694 bits per heavy atom. The highest BCUT2D eigenvalue weighted by Gasteiger charge is 2.30. The molecule has 19 heteroatoms. The number of phosphoric ester groups is 2. The van der Waals surface area contributed by atoms with E-state index in [0.29, 0.717) is 31.6 Å². The molecular weight excluding hydrogens is 1280 g/mol. The SMILES string of the molecule is CCCCCCCCCCCCCCCCCCCCCCCC(=O)O[C@H](COC(=O)CCCCCCCCCCCCCCCCC(C)C)COP(=O)(O)OC[C@@H](O)COP(=O)(O)OC[C@@H](COC(=O)CCCCCCCCC(C)C)OC(=O)CCCCCCCCCCCCC. The maximum absolute atomic E-state index is 13.1. The molecule has 0 amide bonds. The molecule has 0 aromatic heterocycles. The van der Waals surface area contributed by atoms with Crippen LogP contribution in [0.4, 0.5) is 0 Å². The van der Waals surface area contributed by atoms with Crippen molar-refractivity contribution >= 4 is 39.5 Å². The summed E-state index contributed by atoms with van der Waals surface area (Å²) in [6, 6.07) is 0. The molecule has 0 fully saturated rings. The zero-order chi connectivity index (χ0) is 72.1. The van der Waals surface area contributed by atoms with E-state index in [-0.39, 0.29) is 25.7 Å². The first kappa shape index (κ1) is 96.1. The van der Waals surface area contributed by atoms with Gasteiger partial charge in [-0.2, -0.15) is 0 Å². The first-order chi connectivity index (χ1) is 47.4. The summed E-state index contributed by atoms with van der Waals surface area (Å²) in [5.41, 5.74) is 0. The third-order valence-electron chi connectivity index (χ3n) is 18.5. The van der Waals surface area contributed by atoms with Gasteiger partial charge in [-0.3, -0.25) is 37.3 Å². The van der Waals surface area contributed by atoms with Crippen LogP contribution in [0.3, 0.4) is 0 Å². The van der Waals surface area contributed by atoms with Gasteiger partial charge in [0.2, 0.25) is 0 Å². The van der Waals surface area contributed by atoms with Gasteiger partial charge in [-0.15, -0.1) is 0 Å². The van der Waals surface area contributed by atoms with Gasteiger partial charge in [0.25, 0.3) is 0 Å². The van der Waals surface area contributed by atoms with Crippen LogP contribution in [0.2, 0.25) is 0 Å². The highest BCUT2D eigenvalue weighted by Crippen LogP contribution is 2.45. The highest BCUT2D eigenvalue weighted by molar-refractivity contribution is 7.47. The van der Waals surface area contributed by atoms with Crippen molar-refractivity contribution in [2.24, 2.45) is 11.8 Å². The van der Waals surface area contributed by atoms with Gasteiger partial charge in [-0.05, 0) is 37.5 Å². The predicted molar refractivity (Wildman–Crippen MR) is 400 cm³/mol. The molecule has 0 rings (SSSR count). The molecular formula is C79H154O17P2. The Hall–Kier alpha value is -1.94. The van der Waals surface area contributed by atoms with Crippen LogP contribution in [0.5, 0.6) is 0 Å². The maximum atomic E-state index is 13.1. The van der Waals surface area contributed by atoms with Gasteiger partial charge < -0.3 is 33.8 Å². The van der Waals surface area contributed by atoms with Crippen LogP contribution < -0.4 is 0 Å². The van der Waals surface area contributed by atoms with Crippen molar-refractivity contribution in [3.63, 3.8) is 0 Å². The molecule has 0 heterocycles. The molecule has 0 aromatic carbocycles. The molecule has 0 aromatic rings. The Balaban J connectivity index is 5.19. The van der Waals surface area contributed by atoms with E-state index in [1.165, 1.54) is 225 Å². The molecule has 2 unspecified atom stereocenters. The van der Waals surface area contributed by atoms with Crippen LogP contribution in [-0.2, 0) is 65.4 Å². The summed E-state index contributed by atoms with van der Waals surface area (Å²) in [5, 5.41) is 10.6. The van der Waals surface area contributed by atoms with Crippen LogP contribution in [0.15, 0.2) is 0 Å². The molecule has 0 spiro atoms. The number of aliphatic hydroxyl groups excluding tert-OH is 1. The Bertz CT molecular complexity index is 1890. The van der Waals surface area contributed by atoms with Crippen molar-refractivity contribution in [2.75, 3.05) is 39.6 Å². The van der Waals surface area contributed by atoms with E-state index >= 15 is 0 Å². The van der Waals surface area contributed by atoms with Gasteiger partial charge >= 0.3 is 39.5 Å². The largest absolute Gasteiger partial charge is 0.472 e. The van der Waals surface area contributed by atoms with Crippen molar-refractivity contribution in [2.45, 2.75) is 432 Å². The lowest BCUT2D eigenvalue weighted by Gasteiger charge is -2.21. The number of hydrogen-bond acceptors (Lipinski definition) is 15. The Morgan fingerprint density at radius 2 is 0.469 bits per heavy atom. The van der Waals surface area contributed by atoms with E-state index in [2.05, 4.69) is 41.5 Å². The Labute approximate surface area is 600 Å². The van der Waals surface area contributed by atoms with Gasteiger partial charge in [0.05, 0.1) is 26.4 Å². The molecule has 0 saturated carbocycles. The first-order valence-corrected chi connectivity index (χ1v) is 44.0. The van der Waals surface area contributed by atoms with Gasteiger partial charge in [-0.25, -0.2) is 9.13 Å². The number of hydrogen-bond donors (Lipinski definition) is 3. The average Bonchev–Trinajstić information content (AvgIpc) is 1.03. The summed E-state index contributed by atoms with van der Waals surface area (Å²) in [7, 11) is -9.91. The van der Waals surface area contributed by atoms with Crippen LogP contribution >= 0.6 is 15.6 Å². The molecule has 17 nitrogen and oxygen atoms in total. The van der Waals surface area contributed by atoms with Gasteiger partial charge in [0, 0.05) is 25.7 Å². The van der Waals surface area contributed by atoms with Gasteiger partial charge in [0.15, 0.2) is 12.2 Å². The molecule has 0 bridgehead atoms. The van der Waals surface area contributed by atoms with Gasteiger partial charge in [-0.1, -0.05) is 363 Å². The van der Waals surface area contributed by atoms with E-state index in [1.54, 1.807) is 0 Å². The minimum Gasteiger partial charge on any atom is -0.462 e. The molecule has 98 heavy (non-hydrogen) atoms. The number of phosphoric acid groups is 2. The maximum Gasteiger partial charge on any atom is 0.472 e. The number of esters is 4. The fourth-order valence-corrected chi connectivity index (χ4v) is 13.8. The zero-order valence-electron chi connectivity index (χ0n) is 64.1. The molecule has 3 N–H and O–H groups in total. The fraction of sp³-hybridized carbons (Fsp3) is 0.949. The van der Waals surface area contributed by atoms with Crippen molar-refractivity contribution in [3.05, 3.63) is 0 Å². The summed E-state index contributed by atoms with van der Waals surface area (Å²) >= 11 is 0. The number of unbranched alkanes of at least 4 members (excludes halogenated alkanes) is 48. The summed E-state index contributed by atoms with van der Waals surface area (Å²) in [6.45, 7) is 9.55. The lowest BCUT2D eigenvalue weighted by atomic mass is 10.0. The monoisotopic (exact) mass is 1440 g/mol. The molecule has 0 aliphatic rings. The fourth-order valence-electron chi connectivity index (χ4n) is 12.2. The van der Waals surface area contributed by atoms with Crippen molar-refractivity contribution < 1.29 is 80.2 Å². The number of aliphatic hydroxyl groups is 1. The topological polar surface area (TPSA) is 237 Å². The third kappa shape index (κ3) is 72.4. The number of carbonyl (C=O) groups excluding carboxylic acids is 4. The Morgan fingerprint density at radius 1 is 0.276 bits per heavy atom. The second kappa shape index (κ2) is 70.7. The molecule has 582 valence electrons.